The molecule has 27 heavy (non-hydrogen) atoms. The summed E-state index contributed by atoms with van der Waals surface area (Å²) in [5, 5.41) is 12.5. The lowest BCUT2D eigenvalue weighted by atomic mass is 9.95. The van der Waals surface area contributed by atoms with Crippen LogP contribution in [0.2, 0.25) is 0 Å². The highest BCUT2D eigenvalue weighted by molar-refractivity contribution is 5.95. The van der Waals surface area contributed by atoms with Crippen LogP contribution in [0, 0.1) is 12.8 Å². The molecule has 3 rings (SSSR count). The fourth-order valence-corrected chi connectivity index (χ4v) is 3.22. The molecule has 0 aromatic heterocycles. The van der Waals surface area contributed by atoms with Crippen molar-refractivity contribution in [2.45, 2.75) is 19.8 Å². The minimum absolute atomic E-state index is 0.0314. The van der Waals surface area contributed by atoms with Gasteiger partial charge in [0, 0.05) is 25.1 Å². The number of carbonyl (C=O) groups is 2. The van der Waals surface area contributed by atoms with Gasteiger partial charge < -0.3 is 15.3 Å². The fraction of sp³-hybridized carbons (Fsp3) is 0.273. The van der Waals surface area contributed by atoms with Gasteiger partial charge in [0.15, 0.2) is 0 Å². The molecule has 0 aliphatic carbocycles. The molecule has 1 heterocycles. The third-order valence-corrected chi connectivity index (χ3v) is 4.80. The number of carbonyl (C=O) groups excluding carboxylic acids is 2. The lowest BCUT2D eigenvalue weighted by Crippen LogP contribution is -2.40. The summed E-state index contributed by atoms with van der Waals surface area (Å²) in [5.41, 5.74) is 2.57. The van der Waals surface area contributed by atoms with E-state index in [0.717, 1.165) is 11.1 Å². The van der Waals surface area contributed by atoms with E-state index in [1.807, 2.05) is 37.3 Å². The van der Waals surface area contributed by atoms with E-state index in [0.29, 0.717) is 31.6 Å². The summed E-state index contributed by atoms with van der Waals surface area (Å²) in [6.07, 6.45) is 4.65. The number of para-hydroxylation sites is 2. The van der Waals surface area contributed by atoms with E-state index in [-0.39, 0.29) is 23.5 Å². The average molecular weight is 364 g/mol. The number of phenolic OH excluding ortho intramolecular Hbond substituents is 1. The van der Waals surface area contributed by atoms with Gasteiger partial charge in [-0.25, -0.2) is 0 Å². The van der Waals surface area contributed by atoms with Crippen LogP contribution >= 0.6 is 0 Å². The quantitative estimate of drug-likeness (QED) is 0.643. The smallest absolute Gasteiger partial charge is 0.246 e. The van der Waals surface area contributed by atoms with Crippen molar-refractivity contribution in [3.63, 3.8) is 0 Å². The Hall–Kier alpha value is -3.08. The summed E-state index contributed by atoms with van der Waals surface area (Å²) in [7, 11) is 0. The first-order valence-corrected chi connectivity index (χ1v) is 9.15. The summed E-state index contributed by atoms with van der Waals surface area (Å²) in [4.78, 5) is 26.5. The van der Waals surface area contributed by atoms with E-state index < -0.39 is 0 Å². The SMILES string of the molecule is Cc1cccc(/C=C/C(=O)N2CCC(C(=O)Nc3ccccc3O)CC2)c1. The molecule has 2 N–H and O–H groups in total. The molecule has 0 bridgehead atoms. The Morgan fingerprint density at radius 2 is 1.85 bits per heavy atom. The Balaban J connectivity index is 1.51. The third kappa shape index (κ3) is 4.97. The number of phenols is 1. The highest BCUT2D eigenvalue weighted by atomic mass is 16.3. The number of amides is 2. The van der Waals surface area contributed by atoms with Crippen LogP contribution in [0.25, 0.3) is 6.08 Å². The number of benzene rings is 2. The number of piperidine rings is 1. The van der Waals surface area contributed by atoms with Crippen LogP contribution in [-0.2, 0) is 9.59 Å². The molecule has 2 aromatic carbocycles. The minimum Gasteiger partial charge on any atom is -0.506 e. The van der Waals surface area contributed by atoms with E-state index in [4.69, 9.17) is 0 Å². The Kier molecular flexibility index (Phi) is 5.91. The van der Waals surface area contributed by atoms with Crippen molar-refractivity contribution in [3.05, 3.63) is 65.7 Å². The number of nitrogens with one attached hydrogen (secondary N) is 1. The summed E-state index contributed by atoms with van der Waals surface area (Å²) in [6.45, 7) is 3.12. The van der Waals surface area contributed by atoms with Gasteiger partial charge in [0.05, 0.1) is 5.69 Å². The van der Waals surface area contributed by atoms with Gasteiger partial charge >= 0.3 is 0 Å². The van der Waals surface area contributed by atoms with Gasteiger partial charge in [-0.1, -0.05) is 42.0 Å². The molecular weight excluding hydrogens is 340 g/mol. The number of anilines is 1. The number of aryl methyl sites for hydroxylation is 1. The number of rotatable bonds is 4. The number of hydrogen-bond acceptors (Lipinski definition) is 3. The lowest BCUT2D eigenvalue weighted by Gasteiger charge is -2.30. The van der Waals surface area contributed by atoms with Crippen LogP contribution < -0.4 is 5.32 Å². The van der Waals surface area contributed by atoms with E-state index in [9.17, 15) is 14.7 Å². The zero-order valence-corrected chi connectivity index (χ0v) is 15.4. The zero-order valence-electron chi connectivity index (χ0n) is 15.4. The molecule has 2 amide bonds. The van der Waals surface area contributed by atoms with Crippen molar-refractivity contribution in [2.24, 2.45) is 5.92 Å². The van der Waals surface area contributed by atoms with Crippen molar-refractivity contribution in [1.82, 2.24) is 4.90 Å². The second-order valence-electron chi connectivity index (χ2n) is 6.85. The van der Waals surface area contributed by atoms with Crippen molar-refractivity contribution >= 4 is 23.6 Å². The number of hydrogen-bond donors (Lipinski definition) is 2. The second kappa shape index (κ2) is 8.54. The van der Waals surface area contributed by atoms with Gasteiger partial charge in [-0.3, -0.25) is 9.59 Å². The van der Waals surface area contributed by atoms with Gasteiger partial charge in [0.1, 0.15) is 5.75 Å². The Labute approximate surface area is 159 Å². The van der Waals surface area contributed by atoms with Gasteiger partial charge in [0.25, 0.3) is 0 Å². The third-order valence-electron chi connectivity index (χ3n) is 4.80. The molecule has 0 saturated carbocycles. The maximum absolute atomic E-state index is 12.4. The summed E-state index contributed by atoms with van der Waals surface area (Å²) >= 11 is 0. The van der Waals surface area contributed by atoms with Crippen LogP contribution in [0.5, 0.6) is 5.75 Å². The van der Waals surface area contributed by atoms with Crippen LogP contribution in [0.1, 0.15) is 24.0 Å². The van der Waals surface area contributed by atoms with Gasteiger partial charge in [-0.15, -0.1) is 0 Å². The van der Waals surface area contributed by atoms with E-state index in [1.165, 1.54) is 6.07 Å². The van der Waals surface area contributed by atoms with Crippen LogP contribution in [-0.4, -0.2) is 34.9 Å². The molecule has 2 aromatic rings. The van der Waals surface area contributed by atoms with Crippen molar-refractivity contribution in [2.75, 3.05) is 18.4 Å². The molecule has 1 saturated heterocycles. The number of aromatic hydroxyl groups is 1. The average Bonchev–Trinajstić information content (AvgIpc) is 2.68. The van der Waals surface area contributed by atoms with Crippen LogP contribution in [0.3, 0.4) is 0 Å². The predicted octanol–water partition coefficient (Wildman–Crippen LogP) is 3.59. The molecule has 1 fully saturated rings. The minimum atomic E-state index is -0.158. The standard InChI is InChI=1S/C22H24N2O3/c1-16-5-4-6-17(15-16)9-10-21(26)24-13-11-18(12-14-24)22(27)23-19-7-2-3-8-20(19)25/h2-10,15,18,25H,11-14H2,1H3,(H,23,27)/b10-9+. The van der Waals surface area contributed by atoms with Crippen LogP contribution in [0.15, 0.2) is 54.6 Å². The monoisotopic (exact) mass is 364 g/mol. The molecule has 0 atom stereocenters. The molecular formula is C22H24N2O3. The molecule has 140 valence electrons. The Morgan fingerprint density at radius 3 is 2.56 bits per heavy atom. The molecule has 0 unspecified atom stereocenters. The highest BCUT2D eigenvalue weighted by Gasteiger charge is 2.26. The normalized spacial score (nSPS) is 15.1. The first-order valence-electron chi connectivity index (χ1n) is 9.15. The van der Waals surface area contributed by atoms with Gasteiger partial charge in [-0.05, 0) is 43.5 Å². The number of likely N-dealkylation sites (tertiary alicyclic amines) is 1. The molecule has 5 heteroatoms. The van der Waals surface area contributed by atoms with Gasteiger partial charge in [-0.2, -0.15) is 0 Å². The van der Waals surface area contributed by atoms with E-state index in [1.54, 1.807) is 29.2 Å². The maximum atomic E-state index is 12.4. The topological polar surface area (TPSA) is 69.6 Å². The first-order chi connectivity index (χ1) is 13.0. The molecule has 0 radical (unpaired) electrons. The lowest BCUT2D eigenvalue weighted by molar-refractivity contribution is -0.130. The zero-order chi connectivity index (χ0) is 19.2. The van der Waals surface area contributed by atoms with Crippen molar-refractivity contribution in [1.29, 1.82) is 0 Å². The van der Waals surface area contributed by atoms with Crippen molar-refractivity contribution in [3.8, 4) is 5.75 Å². The second-order valence-corrected chi connectivity index (χ2v) is 6.85. The summed E-state index contributed by atoms with van der Waals surface area (Å²) in [5.74, 6) is -0.246. The fourth-order valence-electron chi connectivity index (χ4n) is 3.22. The molecule has 1 aliphatic rings. The molecule has 5 nitrogen and oxygen atoms in total. The Morgan fingerprint density at radius 1 is 1.11 bits per heavy atom. The van der Waals surface area contributed by atoms with Crippen LogP contribution in [0.4, 0.5) is 5.69 Å². The Bertz CT molecular complexity index is 852. The largest absolute Gasteiger partial charge is 0.506 e. The first kappa shape index (κ1) is 18.7. The van der Waals surface area contributed by atoms with E-state index in [2.05, 4.69) is 5.32 Å². The molecule has 1 aliphatic heterocycles. The highest BCUT2D eigenvalue weighted by Crippen LogP contribution is 2.25. The maximum Gasteiger partial charge on any atom is 0.246 e. The summed E-state index contributed by atoms with van der Waals surface area (Å²) in [6, 6.07) is 14.7. The van der Waals surface area contributed by atoms with E-state index >= 15 is 0 Å². The predicted molar refractivity (Wildman–Crippen MR) is 106 cm³/mol. The number of nitrogens with zero attached hydrogens (tertiary/aromatic N) is 1. The van der Waals surface area contributed by atoms with Gasteiger partial charge in [0.2, 0.25) is 11.8 Å². The van der Waals surface area contributed by atoms with Crippen molar-refractivity contribution < 1.29 is 14.7 Å². The molecule has 0 spiro atoms. The summed E-state index contributed by atoms with van der Waals surface area (Å²) < 4.78 is 0.